The first-order valence-electron chi connectivity index (χ1n) is 10.8. The van der Waals surface area contributed by atoms with Crippen LogP contribution in [0.3, 0.4) is 0 Å². The van der Waals surface area contributed by atoms with Crippen LogP contribution in [0.5, 0.6) is 0 Å². The quantitative estimate of drug-likeness (QED) is 0.180. The Labute approximate surface area is 277 Å². The number of carbonyl (C=O) groups is 4. The molecule has 0 heterocycles. The zero-order chi connectivity index (χ0) is 30.9. The van der Waals surface area contributed by atoms with Crippen LogP contribution in [0.4, 0.5) is 0 Å². The molecule has 0 aliphatic rings. The predicted molar refractivity (Wildman–Crippen MR) is 169 cm³/mol. The van der Waals surface area contributed by atoms with Gasteiger partial charge in [-0.3, -0.25) is 19.2 Å². The molecule has 2 atom stereocenters. The molecule has 2 unspecified atom stereocenters. The van der Waals surface area contributed by atoms with E-state index in [0.29, 0.717) is 11.1 Å². The van der Waals surface area contributed by atoms with E-state index in [-0.39, 0.29) is 0 Å². The third-order valence-electron chi connectivity index (χ3n) is 4.39. The van der Waals surface area contributed by atoms with Gasteiger partial charge in [0, 0.05) is 0 Å². The summed E-state index contributed by atoms with van der Waals surface area (Å²) >= 11 is 47.5. The Balaban J connectivity index is 0.000000568. The molecule has 3 aromatic rings. The van der Waals surface area contributed by atoms with Gasteiger partial charge < -0.3 is 0 Å². The minimum absolute atomic E-state index is 0.503. The molecule has 0 aliphatic carbocycles. The monoisotopic (exact) mass is 724 g/mol. The molecule has 0 radical (unpaired) electrons. The average molecular weight is 729 g/mol. The summed E-state index contributed by atoms with van der Waals surface area (Å²) in [5.41, 5.74) is 2.08. The zero-order valence-electron chi connectivity index (χ0n) is 20.4. The fraction of sp³-hybridized carbons (Fsp3) is 0.185. The second-order valence-corrected chi connectivity index (χ2v) is 11.5. The Kier molecular flexibility index (Phi) is 20.2. The third-order valence-corrected chi connectivity index (χ3v) is 7.63. The molecule has 0 spiro atoms. The first-order valence-corrected chi connectivity index (χ1v) is 14.5. The second-order valence-electron chi connectivity index (χ2n) is 7.27. The number of carbonyl (C=O) groups excluding carboxylic acids is 4. The maximum absolute atomic E-state index is 11.7. The molecular weight excluding hydrogens is 707 g/mol. The highest BCUT2D eigenvalue weighted by molar-refractivity contribution is 6.76. The summed E-state index contributed by atoms with van der Waals surface area (Å²) < 4.78 is 0. The third kappa shape index (κ3) is 14.7. The maximum atomic E-state index is 11.7. The van der Waals surface area contributed by atoms with Crippen molar-refractivity contribution in [2.75, 3.05) is 0 Å². The summed E-state index contributed by atoms with van der Waals surface area (Å²) in [6.07, 6.45) is 0. The lowest BCUT2D eigenvalue weighted by molar-refractivity contribution is -0.113. The molecule has 40 heavy (non-hydrogen) atoms. The van der Waals surface area contributed by atoms with Gasteiger partial charge in [0.1, 0.15) is 10.8 Å². The van der Waals surface area contributed by atoms with Crippen LogP contribution in [0, 0.1) is 0 Å². The average Bonchev–Trinajstić information content (AvgIpc) is 2.94. The van der Waals surface area contributed by atoms with Crippen LogP contribution in [0.15, 0.2) is 91.0 Å². The van der Waals surface area contributed by atoms with E-state index < -0.39 is 41.4 Å². The fourth-order valence-electron chi connectivity index (χ4n) is 2.48. The summed E-state index contributed by atoms with van der Waals surface area (Å²) in [5.74, 6) is 0. The number of halogens is 9. The standard InChI is InChI=1S/C14H10Cl2O.C8H6Cl2O.C3H4Cl2O.C2HCl3O/c15-13(17)14(16,11-7-3-1-4-8-11)12-9-5-2-6-10-12;9-7(8(10)11)6-4-2-1-3-5-6;1-2(4)3(5)6;3-1(4)2(5)6/h1-10H;1-5,7H;2H,1H3;1H. The summed E-state index contributed by atoms with van der Waals surface area (Å²) in [7, 11) is 0. The smallest absolute Gasteiger partial charge is 0.254 e. The lowest BCUT2D eigenvalue weighted by Gasteiger charge is -2.23. The Morgan fingerprint density at radius 3 is 1.10 bits per heavy atom. The second kappa shape index (κ2) is 20.8. The molecule has 0 N–H and O–H groups in total. The van der Waals surface area contributed by atoms with E-state index in [1.54, 1.807) is 36.4 Å². The molecule has 0 saturated carbocycles. The van der Waals surface area contributed by atoms with E-state index in [0.717, 1.165) is 5.56 Å². The Morgan fingerprint density at radius 2 is 0.875 bits per heavy atom. The van der Waals surface area contributed by atoms with Crippen molar-refractivity contribution in [1.29, 1.82) is 0 Å². The Hall–Kier alpha value is -1.05. The van der Waals surface area contributed by atoms with Gasteiger partial charge in [0.25, 0.3) is 10.5 Å². The summed E-state index contributed by atoms with van der Waals surface area (Å²) in [6.45, 7) is 1.52. The first-order chi connectivity index (χ1) is 18.7. The van der Waals surface area contributed by atoms with Gasteiger partial charge in [-0.25, -0.2) is 0 Å². The molecule has 0 aromatic heterocycles. The SMILES string of the molecule is CC(Cl)C(=O)Cl.O=C(Cl)C(Cl)(c1ccccc1)c1ccccc1.O=C(Cl)C(Cl)Cl.O=C(Cl)C(Cl)c1ccccc1. The van der Waals surface area contributed by atoms with E-state index in [1.807, 2.05) is 54.6 Å². The summed E-state index contributed by atoms with van der Waals surface area (Å²) in [5, 5.41) is -3.66. The van der Waals surface area contributed by atoms with Gasteiger partial charge in [0.2, 0.25) is 10.5 Å². The van der Waals surface area contributed by atoms with Crippen LogP contribution >= 0.6 is 104 Å². The lowest BCUT2D eigenvalue weighted by atomic mass is 9.91. The molecule has 0 saturated heterocycles. The number of hydrogen-bond donors (Lipinski definition) is 0. The topological polar surface area (TPSA) is 68.3 Å². The van der Waals surface area contributed by atoms with Gasteiger partial charge in [-0.15, -0.1) is 23.2 Å². The number of alkyl halides is 5. The van der Waals surface area contributed by atoms with Crippen LogP contribution in [0.2, 0.25) is 0 Å². The van der Waals surface area contributed by atoms with E-state index in [4.69, 9.17) is 104 Å². The molecule has 0 aliphatic heterocycles. The zero-order valence-corrected chi connectivity index (χ0v) is 27.2. The van der Waals surface area contributed by atoms with Crippen molar-refractivity contribution in [2.24, 2.45) is 0 Å². The van der Waals surface area contributed by atoms with Crippen LogP contribution in [0.25, 0.3) is 0 Å². The molecule has 4 nitrogen and oxygen atoms in total. The largest absolute Gasteiger partial charge is 0.280 e. The molecule has 13 heteroatoms. The highest BCUT2D eigenvalue weighted by Crippen LogP contribution is 2.38. The number of rotatable bonds is 7. The molecular formula is C27H21Cl9O4. The molecule has 0 fully saturated rings. The van der Waals surface area contributed by atoms with E-state index in [2.05, 4.69) is 0 Å². The Bertz CT molecular complexity index is 1130. The molecule has 0 bridgehead atoms. The van der Waals surface area contributed by atoms with E-state index in [1.165, 1.54) is 6.92 Å². The molecule has 3 aromatic carbocycles. The first kappa shape index (κ1) is 39.0. The number of benzene rings is 3. The fourth-order valence-corrected chi connectivity index (χ4v) is 3.22. The van der Waals surface area contributed by atoms with Crippen molar-refractivity contribution < 1.29 is 19.2 Å². The Morgan fingerprint density at radius 1 is 0.575 bits per heavy atom. The van der Waals surface area contributed by atoms with Crippen molar-refractivity contribution in [3.63, 3.8) is 0 Å². The molecule has 0 amide bonds. The van der Waals surface area contributed by atoms with Crippen molar-refractivity contribution >= 4 is 125 Å². The van der Waals surface area contributed by atoms with Crippen molar-refractivity contribution in [3.8, 4) is 0 Å². The minimum atomic E-state index is -1.32. The molecule has 216 valence electrons. The van der Waals surface area contributed by atoms with Crippen LogP contribution < -0.4 is 0 Å². The normalized spacial score (nSPS) is 11.7. The van der Waals surface area contributed by atoms with Crippen LogP contribution in [0.1, 0.15) is 29.0 Å². The highest BCUT2D eigenvalue weighted by atomic mass is 35.5. The van der Waals surface area contributed by atoms with E-state index >= 15 is 0 Å². The van der Waals surface area contributed by atoms with Crippen molar-refractivity contribution in [3.05, 3.63) is 108 Å². The predicted octanol–water partition coefficient (Wildman–Crippen LogP) is 9.60. The van der Waals surface area contributed by atoms with Gasteiger partial charge in [-0.2, -0.15) is 0 Å². The molecule has 3 rings (SSSR count). The van der Waals surface area contributed by atoms with Crippen molar-refractivity contribution in [1.82, 2.24) is 0 Å². The summed E-state index contributed by atoms with van der Waals surface area (Å²) in [4.78, 5) is 39.3. The van der Waals surface area contributed by atoms with Gasteiger partial charge in [-0.1, -0.05) is 126 Å². The van der Waals surface area contributed by atoms with Gasteiger partial charge >= 0.3 is 0 Å². The lowest BCUT2D eigenvalue weighted by Crippen LogP contribution is -2.27. The van der Waals surface area contributed by atoms with Gasteiger partial charge in [-0.05, 0) is 70.0 Å². The van der Waals surface area contributed by atoms with Crippen LogP contribution in [-0.4, -0.2) is 31.2 Å². The van der Waals surface area contributed by atoms with E-state index in [9.17, 15) is 19.2 Å². The van der Waals surface area contributed by atoms with Crippen LogP contribution in [-0.2, 0) is 24.1 Å². The van der Waals surface area contributed by atoms with Crippen molar-refractivity contribution in [2.45, 2.75) is 27.4 Å². The van der Waals surface area contributed by atoms with Gasteiger partial charge in [0.05, 0.1) is 0 Å². The van der Waals surface area contributed by atoms with Gasteiger partial charge in [0.15, 0.2) is 9.71 Å². The number of hydrogen-bond acceptors (Lipinski definition) is 4. The highest BCUT2D eigenvalue weighted by Gasteiger charge is 2.38. The minimum Gasteiger partial charge on any atom is -0.280 e. The summed E-state index contributed by atoms with van der Waals surface area (Å²) in [6, 6.07) is 27.2. The maximum Gasteiger partial charge on any atom is 0.254 e.